The lowest BCUT2D eigenvalue weighted by Crippen LogP contribution is -2.48. The Hall–Kier alpha value is -4.55. The molecular weight excluding hydrogens is 605 g/mol. The standard InChI is InChI=1S/C35H44FN5O6/c1-23-20-41(24(2)22-42)34(44)30-19-29(38-33(43)26-14-16-37-17-15-26)12-13-31(30)47-25(3)7-5-6-18-46-32(23)21-40(4)35(45)39-28-10-8-27(36)9-11-28/h8-17,19,23-25,32,42H,5-7,18,20-22H2,1-4H3,(H,38,43)(H,39,45)/t23-,24-,25-,32+/m1/s1. The topological polar surface area (TPSA) is 133 Å². The summed E-state index contributed by atoms with van der Waals surface area (Å²) in [4.78, 5) is 47.2. The van der Waals surface area contributed by atoms with Crippen molar-refractivity contribution in [1.82, 2.24) is 14.8 Å². The maximum atomic E-state index is 14.3. The van der Waals surface area contributed by atoms with E-state index in [1.165, 1.54) is 41.6 Å². The fourth-order valence-electron chi connectivity index (χ4n) is 5.27. The molecule has 252 valence electrons. The van der Waals surface area contributed by atoms with Gasteiger partial charge < -0.3 is 35.0 Å². The van der Waals surface area contributed by atoms with E-state index in [1.807, 2.05) is 13.8 Å². The van der Waals surface area contributed by atoms with E-state index < -0.39 is 18.0 Å². The number of aliphatic hydroxyl groups is 1. The number of likely N-dealkylation sites (N-methyl/N-ethyl adjacent to an activating group) is 1. The van der Waals surface area contributed by atoms with Crippen LogP contribution >= 0.6 is 0 Å². The van der Waals surface area contributed by atoms with Crippen molar-refractivity contribution in [2.75, 3.05) is 44.0 Å². The zero-order valence-electron chi connectivity index (χ0n) is 27.3. The normalized spacial score (nSPS) is 19.8. The van der Waals surface area contributed by atoms with E-state index in [4.69, 9.17) is 9.47 Å². The molecule has 1 aliphatic heterocycles. The van der Waals surface area contributed by atoms with Crippen molar-refractivity contribution < 1.29 is 33.4 Å². The minimum Gasteiger partial charge on any atom is -0.490 e. The number of benzene rings is 2. The third-order valence-electron chi connectivity index (χ3n) is 8.15. The number of carbonyl (C=O) groups is 3. The summed E-state index contributed by atoms with van der Waals surface area (Å²) in [6.45, 7) is 6.24. The Morgan fingerprint density at radius 1 is 1.06 bits per heavy atom. The highest BCUT2D eigenvalue weighted by Gasteiger charge is 2.31. The van der Waals surface area contributed by atoms with E-state index in [0.29, 0.717) is 35.7 Å². The molecule has 2 aromatic carbocycles. The number of amides is 4. The Labute approximate surface area is 275 Å². The molecule has 0 saturated carbocycles. The van der Waals surface area contributed by atoms with Crippen LogP contribution < -0.4 is 15.4 Å². The molecule has 3 N–H and O–H groups in total. The number of halogens is 1. The predicted molar refractivity (Wildman–Crippen MR) is 177 cm³/mol. The van der Waals surface area contributed by atoms with Gasteiger partial charge in [-0.15, -0.1) is 0 Å². The van der Waals surface area contributed by atoms with E-state index in [9.17, 15) is 23.9 Å². The molecule has 0 radical (unpaired) electrons. The van der Waals surface area contributed by atoms with Gasteiger partial charge >= 0.3 is 6.03 Å². The van der Waals surface area contributed by atoms with Crippen LogP contribution in [0.1, 0.15) is 60.7 Å². The van der Waals surface area contributed by atoms with Gasteiger partial charge in [-0.2, -0.15) is 0 Å². The Kier molecular flexibility index (Phi) is 12.7. The van der Waals surface area contributed by atoms with Gasteiger partial charge in [0.05, 0.1) is 30.4 Å². The zero-order valence-corrected chi connectivity index (χ0v) is 27.3. The highest BCUT2D eigenvalue weighted by Crippen LogP contribution is 2.29. The van der Waals surface area contributed by atoms with E-state index in [0.717, 1.165) is 12.8 Å². The number of rotatable bonds is 7. The number of pyridine rings is 1. The highest BCUT2D eigenvalue weighted by atomic mass is 19.1. The number of carbonyl (C=O) groups excluding carboxylic acids is 3. The third kappa shape index (κ3) is 9.97. The maximum absolute atomic E-state index is 14.3. The van der Waals surface area contributed by atoms with Crippen LogP contribution in [0.5, 0.6) is 5.75 Å². The van der Waals surface area contributed by atoms with Gasteiger partial charge in [0.25, 0.3) is 11.8 Å². The van der Waals surface area contributed by atoms with Gasteiger partial charge in [-0.25, -0.2) is 9.18 Å². The molecule has 12 heteroatoms. The number of hydrogen-bond donors (Lipinski definition) is 3. The first-order valence-corrected chi connectivity index (χ1v) is 15.9. The molecular formula is C35H44FN5O6. The summed E-state index contributed by atoms with van der Waals surface area (Å²) in [5.74, 6) is -0.997. The van der Waals surface area contributed by atoms with Gasteiger partial charge in [0.1, 0.15) is 11.6 Å². The first-order chi connectivity index (χ1) is 22.5. The number of aromatic nitrogens is 1. The second kappa shape index (κ2) is 16.8. The van der Waals surface area contributed by atoms with Crippen LogP contribution in [0.4, 0.5) is 20.6 Å². The number of hydrogen-bond acceptors (Lipinski definition) is 7. The second-order valence-corrected chi connectivity index (χ2v) is 12.0. The third-order valence-corrected chi connectivity index (χ3v) is 8.15. The number of anilines is 2. The van der Waals surface area contributed by atoms with Crippen LogP contribution in [-0.2, 0) is 4.74 Å². The van der Waals surface area contributed by atoms with Crippen molar-refractivity contribution in [2.24, 2.45) is 5.92 Å². The summed E-state index contributed by atoms with van der Waals surface area (Å²) in [7, 11) is 1.65. The average molecular weight is 650 g/mol. The first kappa shape index (κ1) is 35.3. The van der Waals surface area contributed by atoms with Crippen LogP contribution in [0.25, 0.3) is 0 Å². The number of nitrogens with one attached hydrogen (secondary N) is 2. The zero-order chi connectivity index (χ0) is 33.9. The molecule has 2 heterocycles. The summed E-state index contributed by atoms with van der Waals surface area (Å²) < 4.78 is 25.9. The van der Waals surface area contributed by atoms with Gasteiger partial charge in [0.15, 0.2) is 0 Å². The lowest BCUT2D eigenvalue weighted by Gasteiger charge is -2.35. The number of ether oxygens (including phenoxy) is 2. The van der Waals surface area contributed by atoms with Crippen LogP contribution in [0.2, 0.25) is 0 Å². The quantitative estimate of drug-likeness (QED) is 0.311. The van der Waals surface area contributed by atoms with E-state index >= 15 is 0 Å². The molecule has 0 saturated heterocycles. The smallest absolute Gasteiger partial charge is 0.321 e. The molecule has 4 rings (SSSR count). The van der Waals surface area contributed by atoms with Crippen molar-refractivity contribution >= 4 is 29.2 Å². The number of fused-ring (bicyclic) bond motifs is 1. The first-order valence-electron chi connectivity index (χ1n) is 15.9. The van der Waals surface area contributed by atoms with Crippen LogP contribution in [0, 0.1) is 11.7 Å². The Morgan fingerprint density at radius 3 is 2.47 bits per heavy atom. The molecule has 4 amide bonds. The Morgan fingerprint density at radius 2 is 1.77 bits per heavy atom. The molecule has 0 aliphatic carbocycles. The summed E-state index contributed by atoms with van der Waals surface area (Å²) in [6, 6.07) is 12.7. The second-order valence-electron chi connectivity index (χ2n) is 12.0. The minimum atomic E-state index is -0.557. The minimum absolute atomic E-state index is 0.207. The van der Waals surface area contributed by atoms with Gasteiger partial charge in [-0.1, -0.05) is 6.92 Å². The molecule has 11 nitrogen and oxygen atoms in total. The van der Waals surface area contributed by atoms with Crippen molar-refractivity contribution in [3.8, 4) is 5.75 Å². The van der Waals surface area contributed by atoms with Crippen molar-refractivity contribution in [1.29, 1.82) is 0 Å². The number of aliphatic hydroxyl groups excluding tert-OH is 1. The molecule has 0 bridgehead atoms. The summed E-state index contributed by atoms with van der Waals surface area (Å²) in [6.07, 6.45) is 4.71. The SMILES string of the molecule is C[C@@H]1CCCCO[C@@H](CN(C)C(=O)Nc2ccc(F)cc2)[C@H](C)CN([C@H](C)CO)C(=O)c2cc(NC(=O)c3ccncc3)ccc2O1. The average Bonchev–Trinajstić information content (AvgIpc) is 3.07. The van der Waals surface area contributed by atoms with Crippen molar-refractivity contribution in [2.45, 2.75) is 58.3 Å². The fraction of sp³-hybridized carbons (Fsp3) is 0.429. The van der Waals surface area contributed by atoms with Crippen molar-refractivity contribution in [3.63, 3.8) is 0 Å². The Bertz CT molecular complexity index is 1490. The Balaban J connectivity index is 1.59. The van der Waals surface area contributed by atoms with Gasteiger partial charge in [0, 0.05) is 62.0 Å². The predicted octanol–water partition coefficient (Wildman–Crippen LogP) is 5.43. The monoisotopic (exact) mass is 649 g/mol. The van der Waals surface area contributed by atoms with Crippen molar-refractivity contribution in [3.05, 3.63) is 83.9 Å². The fourth-order valence-corrected chi connectivity index (χ4v) is 5.27. The van der Waals surface area contributed by atoms with Gasteiger partial charge in [-0.05, 0) is 87.7 Å². The number of urea groups is 1. The molecule has 4 atom stereocenters. The molecule has 3 aromatic rings. The molecule has 47 heavy (non-hydrogen) atoms. The maximum Gasteiger partial charge on any atom is 0.321 e. The molecule has 0 spiro atoms. The molecule has 0 unspecified atom stereocenters. The highest BCUT2D eigenvalue weighted by molar-refractivity contribution is 6.05. The number of nitrogens with zero attached hydrogens (tertiary/aromatic N) is 3. The summed E-state index contributed by atoms with van der Waals surface area (Å²) in [5.41, 5.74) is 1.55. The summed E-state index contributed by atoms with van der Waals surface area (Å²) >= 11 is 0. The van der Waals surface area contributed by atoms with E-state index in [-0.39, 0.29) is 55.1 Å². The molecule has 1 aliphatic rings. The molecule has 1 aromatic heterocycles. The van der Waals surface area contributed by atoms with Gasteiger partial charge in [0.2, 0.25) is 0 Å². The van der Waals surface area contributed by atoms with Gasteiger partial charge in [-0.3, -0.25) is 14.6 Å². The van der Waals surface area contributed by atoms with Crippen LogP contribution in [0.15, 0.2) is 67.0 Å². The van der Waals surface area contributed by atoms with Crippen LogP contribution in [-0.4, -0.2) is 89.3 Å². The molecule has 0 fully saturated rings. The lowest BCUT2D eigenvalue weighted by molar-refractivity contribution is -0.0115. The largest absolute Gasteiger partial charge is 0.490 e. The van der Waals surface area contributed by atoms with E-state index in [2.05, 4.69) is 15.6 Å². The summed E-state index contributed by atoms with van der Waals surface area (Å²) in [5, 5.41) is 15.8. The lowest BCUT2D eigenvalue weighted by atomic mass is 10.0. The van der Waals surface area contributed by atoms with E-state index in [1.54, 1.807) is 49.2 Å². The van der Waals surface area contributed by atoms with Crippen LogP contribution in [0.3, 0.4) is 0 Å².